The zero-order valence-corrected chi connectivity index (χ0v) is 9.94. The minimum Gasteiger partial charge on any atom is -0.295 e. The van der Waals surface area contributed by atoms with Crippen LogP contribution in [0.3, 0.4) is 0 Å². The van der Waals surface area contributed by atoms with Gasteiger partial charge in [0, 0.05) is 5.56 Å². The molecule has 0 aromatic heterocycles. The first-order valence-electron chi connectivity index (χ1n) is 4.71. The number of rotatable bonds is 3. The quantitative estimate of drug-likeness (QED) is 0.444. The van der Waals surface area contributed by atoms with Gasteiger partial charge in [-0.15, -0.1) is 0 Å². The summed E-state index contributed by atoms with van der Waals surface area (Å²) in [6.07, 6.45) is 0. The molecule has 0 N–H and O–H groups in total. The maximum Gasteiger partial charge on any atom is 0.160 e. The molecule has 1 aromatic rings. The van der Waals surface area contributed by atoms with Gasteiger partial charge < -0.3 is 0 Å². The van der Waals surface area contributed by atoms with Crippen LogP contribution in [0.2, 0.25) is 0 Å². The molecule has 0 atom stereocenters. The number of ketones is 1. The number of hydrogen-bond acceptors (Lipinski definition) is 3. The molecular weight excluding hydrogens is 206 g/mol. The summed E-state index contributed by atoms with van der Waals surface area (Å²) in [6, 6.07) is 3.90. The highest BCUT2D eigenvalue weighted by molar-refractivity contribution is 7.78. The Morgan fingerprint density at radius 3 is 2.60 bits per heavy atom. The topological polar surface area (TPSA) is 29.4 Å². The Bertz CT molecular complexity index is 445. The molecule has 15 heavy (non-hydrogen) atoms. The Hall–Kier alpha value is -1.31. The van der Waals surface area contributed by atoms with Gasteiger partial charge >= 0.3 is 0 Å². The summed E-state index contributed by atoms with van der Waals surface area (Å²) in [5.41, 5.74) is 3.93. The molecule has 0 radical (unpaired) electrons. The Labute approximate surface area is 95.0 Å². The van der Waals surface area contributed by atoms with Gasteiger partial charge in [-0.1, -0.05) is 6.07 Å². The van der Waals surface area contributed by atoms with Crippen LogP contribution < -0.4 is 0 Å². The van der Waals surface area contributed by atoms with E-state index >= 15 is 0 Å². The van der Waals surface area contributed by atoms with E-state index in [-0.39, 0.29) is 5.78 Å². The molecule has 1 aromatic carbocycles. The fourth-order valence-electron chi connectivity index (χ4n) is 1.56. The average molecular weight is 219 g/mol. The fraction of sp³-hybridized carbons (Fsp3) is 0.333. The maximum absolute atomic E-state index is 11.3. The molecule has 1 rings (SSSR count). The number of hydrogen-bond donors (Lipinski definition) is 0. The summed E-state index contributed by atoms with van der Waals surface area (Å²) in [7, 11) is 0. The largest absolute Gasteiger partial charge is 0.295 e. The van der Waals surface area contributed by atoms with Crippen molar-refractivity contribution in [1.29, 1.82) is 0 Å². The van der Waals surface area contributed by atoms with E-state index < -0.39 is 0 Å². The standard InChI is InChI=1S/C12H13NOS/c1-8-4-9(2)12(10(3)14)5-11(8)6-13-7-15/h4-5H,6H2,1-3H3. The van der Waals surface area contributed by atoms with Gasteiger partial charge in [-0.2, -0.15) is 0 Å². The zero-order chi connectivity index (χ0) is 11.4. The Morgan fingerprint density at radius 1 is 1.40 bits per heavy atom. The number of carbonyl (C=O) groups is 1. The Morgan fingerprint density at radius 2 is 2.07 bits per heavy atom. The summed E-state index contributed by atoms with van der Waals surface area (Å²) >= 11 is 4.52. The molecule has 2 nitrogen and oxygen atoms in total. The number of aliphatic imine (C=N–C) groups is 1. The predicted octanol–water partition coefficient (Wildman–Crippen LogP) is 3.11. The first kappa shape index (κ1) is 11.8. The van der Waals surface area contributed by atoms with Gasteiger partial charge in [-0.05, 0) is 55.7 Å². The van der Waals surface area contributed by atoms with Crippen molar-refractivity contribution in [1.82, 2.24) is 0 Å². The third-order valence-corrected chi connectivity index (χ3v) is 2.51. The van der Waals surface area contributed by atoms with Crippen molar-refractivity contribution in [2.75, 3.05) is 0 Å². The third kappa shape index (κ3) is 2.82. The Kier molecular flexibility index (Phi) is 3.89. The number of nitrogens with zero attached hydrogens (tertiary/aromatic N) is 1. The minimum absolute atomic E-state index is 0.0834. The molecule has 0 bridgehead atoms. The number of carbonyl (C=O) groups excluding carboxylic acids is 1. The van der Waals surface area contributed by atoms with E-state index in [9.17, 15) is 4.79 Å². The van der Waals surface area contributed by atoms with Gasteiger partial charge in [-0.3, -0.25) is 4.79 Å². The molecule has 0 amide bonds. The molecule has 0 aliphatic rings. The molecule has 0 aliphatic heterocycles. The molecule has 3 heteroatoms. The van der Waals surface area contributed by atoms with E-state index in [1.807, 2.05) is 26.0 Å². The molecular formula is C12H13NOS. The van der Waals surface area contributed by atoms with Crippen LogP contribution in [0, 0.1) is 13.8 Å². The molecule has 0 heterocycles. The van der Waals surface area contributed by atoms with Crippen molar-refractivity contribution in [3.8, 4) is 0 Å². The van der Waals surface area contributed by atoms with Crippen LogP contribution in [-0.2, 0) is 6.54 Å². The van der Waals surface area contributed by atoms with Crippen LogP contribution in [0.15, 0.2) is 17.1 Å². The molecule has 0 saturated carbocycles. The lowest BCUT2D eigenvalue weighted by Crippen LogP contribution is -2.00. The van der Waals surface area contributed by atoms with Crippen molar-refractivity contribution < 1.29 is 4.79 Å². The fourth-order valence-corrected chi connectivity index (χ4v) is 1.63. The van der Waals surface area contributed by atoms with E-state index in [0.29, 0.717) is 6.54 Å². The molecule has 0 aliphatic carbocycles. The number of Topliss-reactive ketones (excluding diaryl/α,β-unsaturated/α-hetero) is 1. The van der Waals surface area contributed by atoms with E-state index in [4.69, 9.17) is 0 Å². The van der Waals surface area contributed by atoms with E-state index in [0.717, 1.165) is 22.3 Å². The van der Waals surface area contributed by atoms with Crippen molar-refractivity contribution in [3.05, 3.63) is 34.4 Å². The third-order valence-electron chi connectivity index (χ3n) is 2.38. The first-order valence-corrected chi connectivity index (χ1v) is 5.11. The second-order valence-corrected chi connectivity index (χ2v) is 3.74. The number of isothiocyanates is 1. The first-order chi connectivity index (χ1) is 7.06. The SMILES string of the molecule is CC(=O)c1cc(CN=C=S)c(C)cc1C. The maximum atomic E-state index is 11.3. The Balaban J connectivity index is 3.22. The predicted molar refractivity (Wildman–Crippen MR) is 64.7 cm³/mol. The summed E-state index contributed by atoms with van der Waals surface area (Å²) < 4.78 is 0. The van der Waals surface area contributed by atoms with Gasteiger partial charge in [0.1, 0.15) is 0 Å². The van der Waals surface area contributed by atoms with Crippen LogP contribution in [-0.4, -0.2) is 10.9 Å². The van der Waals surface area contributed by atoms with Crippen molar-refractivity contribution in [3.63, 3.8) is 0 Å². The lowest BCUT2D eigenvalue weighted by atomic mass is 9.98. The highest BCUT2D eigenvalue weighted by atomic mass is 32.1. The van der Waals surface area contributed by atoms with Crippen molar-refractivity contribution in [2.24, 2.45) is 4.99 Å². The van der Waals surface area contributed by atoms with Crippen molar-refractivity contribution >= 4 is 23.2 Å². The lowest BCUT2D eigenvalue weighted by Gasteiger charge is -2.08. The van der Waals surface area contributed by atoms with Crippen LogP contribution in [0.25, 0.3) is 0 Å². The van der Waals surface area contributed by atoms with Crippen molar-refractivity contribution in [2.45, 2.75) is 27.3 Å². The van der Waals surface area contributed by atoms with Crippen LogP contribution in [0.1, 0.15) is 34.0 Å². The second kappa shape index (κ2) is 4.96. The van der Waals surface area contributed by atoms with E-state index in [1.54, 1.807) is 6.92 Å². The van der Waals surface area contributed by atoms with Gasteiger partial charge in [-0.25, -0.2) is 4.99 Å². The van der Waals surface area contributed by atoms with Crippen LogP contribution in [0.4, 0.5) is 0 Å². The van der Waals surface area contributed by atoms with Gasteiger partial charge in [0.25, 0.3) is 0 Å². The molecule has 0 unspecified atom stereocenters. The highest BCUT2D eigenvalue weighted by Crippen LogP contribution is 2.17. The summed E-state index contributed by atoms with van der Waals surface area (Å²) in [4.78, 5) is 15.2. The zero-order valence-electron chi connectivity index (χ0n) is 9.13. The van der Waals surface area contributed by atoms with Gasteiger partial charge in [0.2, 0.25) is 0 Å². The average Bonchev–Trinajstić information content (AvgIpc) is 2.16. The molecule has 0 spiro atoms. The number of thiocarbonyl (C=S) groups is 1. The second-order valence-electron chi connectivity index (χ2n) is 3.56. The van der Waals surface area contributed by atoms with Gasteiger partial charge in [0.05, 0.1) is 11.7 Å². The molecule has 0 saturated heterocycles. The van der Waals surface area contributed by atoms with Crippen LogP contribution >= 0.6 is 12.2 Å². The smallest absolute Gasteiger partial charge is 0.160 e. The summed E-state index contributed by atoms with van der Waals surface area (Å²) in [6.45, 7) is 6.01. The van der Waals surface area contributed by atoms with E-state index in [2.05, 4.69) is 22.4 Å². The molecule has 0 fully saturated rings. The van der Waals surface area contributed by atoms with Gasteiger partial charge in [0.15, 0.2) is 5.78 Å². The van der Waals surface area contributed by atoms with Crippen LogP contribution in [0.5, 0.6) is 0 Å². The van der Waals surface area contributed by atoms with E-state index in [1.165, 1.54) is 0 Å². The summed E-state index contributed by atoms with van der Waals surface area (Å²) in [5.74, 6) is 0.0834. The normalized spacial score (nSPS) is 9.53. The highest BCUT2D eigenvalue weighted by Gasteiger charge is 2.07. The summed E-state index contributed by atoms with van der Waals surface area (Å²) in [5, 5.41) is 2.33. The number of benzene rings is 1. The lowest BCUT2D eigenvalue weighted by molar-refractivity contribution is 0.101. The monoisotopic (exact) mass is 219 g/mol. The minimum atomic E-state index is 0.0834. The number of aryl methyl sites for hydroxylation is 2. The molecule has 78 valence electrons.